The van der Waals surface area contributed by atoms with Gasteiger partial charge in [-0.2, -0.15) is 0 Å². The lowest BCUT2D eigenvalue weighted by molar-refractivity contribution is 0.0101. The lowest BCUT2D eigenvalue weighted by Crippen LogP contribution is -2.54. The maximum absolute atomic E-state index is 12.4. The molecule has 38 heavy (non-hydrogen) atoms. The van der Waals surface area contributed by atoms with Crippen molar-refractivity contribution >= 4 is 23.4 Å². The predicted octanol–water partition coefficient (Wildman–Crippen LogP) is 7.85. The number of amides is 1. The van der Waals surface area contributed by atoms with E-state index in [-0.39, 0.29) is 12.1 Å². The Morgan fingerprint density at radius 3 is 2.45 bits per heavy atom. The molecule has 210 valence electrons. The number of nitrogens with zero attached hydrogens (tertiary/aromatic N) is 4. The highest BCUT2D eigenvalue weighted by Crippen LogP contribution is 2.42. The van der Waals surface area contributed by atoms with Crippen LogP contribution in [0.4, 0.5) is 4.79 Å². The summed E-state index contributed by atoms with van der Waals surface area (Å²) >= 11 is 5.72. The molecule has 2 fully saturated rings. The van der Waals surface area contributed by atoms with E-state index in [0.717, 1.165) is 30.1 Å². The van der Waals surface area contributed by atoms with Crippen LogP contribution in [0.15, 0.2) is 59.2 Å². The Hall–Kier alpha value is -2.60. The summed E-state index contributed by atoms with van der Waals surface area (Å²) in [6.07, 6.45) is 11.8. The zero-order chi connectivity index (χ0) is 28.5. The van der Waals surface area contributed by atoms with E-state index in [1.54, 1.807) is 12.4 Å². The molecule has 6 nitrogen and oxygen atoms in total. The summed E-state index contributed by atoms with van der Waals surface area (Å²) in [6.45, 7) is 22.3. The van der Waals surface area contributed by atoms with Crippen molar-refractivity contribution in [3.8, 4) is 0 Å². The van der Waals surface area contributed by atoms with Gasteiger partial charge in [-0.3, -0.25) is 9.98 Å². The molecule has 3 rings (SSSR count). The number of rotatable bonds is 7. The summed E-state index contributed by atoms with van der Waals surface area (Å²) in [5, 5.41) is 0.728. The Balaban J connectivity index is 0.000000423. The molecular weight excluding hydrogens is 496 g/mol. The minimum absolute atomic E-state index is 0.213. The molecule has 1 unspecified atom stereocenters. The monoisotopic (exact) mass is 542 g/mol. The standard InChI is InChI=1S/C23H37N3O2.C8H10ClN/c1-9-20(19-11-12-19)21(17(4)24-10-2)18(5)26-14-13-25(15-16(26)3)22(27)28-23(6,7)8;1-2-3-7-4-8(9)6-10-5-7/h9-10,16,19H,2,11-15H2,1,3-8H3;4-6H,2-3H2,1H3/b20-9-,21-18-,24-17?;. The van der Waals surface area contributed by atoms with Gasteiger partial charge >= 0.3 is 6.09 Å². The average molecular weight is 543 g/mol. The van der Waals surface area contributed by atoms with Gasteiger partial charge in [0.15, 0.2) is 0 Å². The van der Waals surface area contributed by atoms with E-state index in [2.05, 4.69) is 62.1 Å². The molecule has 0 N–H and O–H groups in total. The van der Waals surface area contributed by atoms with Gasteiger partial charge in [0.1, 0.15) is 5.60 Å². The first-order valence-electron chi connectivity index (χ1n) is 13.8. The fraction of sp³-hybridized carbons (Fsp3) is 0.581. The van der Waals surface area contributed by atoms with Crippen LogP contribution in [0.5, 0.6) is 0 Å². The third-order valence-corrected chi connectivity index (χ3v) is 6.84. The van der Waals surface area contributed by atoms with Crippen molar-refractivity contribution in [2.75, 3.05) is 19.6 Å². The van der Waals surface area contributed by atoms with Crippen molar-refractivity contribution in [1.29, 1.82) is 0 Å². The van der Waals surface area contributed by atoms with E-state index in [1.807, 2.05) is 37.9 Å². The van der Waals surface area contributed by atoms with E-state index in [0.29, 0.717) is 19.0 Å². The SMILES string of the molecule is C=CN=C(C)C(/C(=C\C)C1CC1)=C(\C)N1CCN(C(=O)OC(C)(C)C)CC1C.CCCc1cncc(Cl)c1. The molecule has 0 radical (unpaired) electrons. The predicted molar refractivity (Wildman–Crippen MR) is 160 cm³/mol. The number of ether oxygens (including phenoxy) is 1. The van der Waals surface area contributed by atoms with Crippen LogP contribution in [0.3, 0.4) is 0 Å². The van der Waals surface area contributed by atoms with Crippen LogP contribution in [-0.2, 0) is 11.2 Å². The largest absolute Gasteiger partial charge is 0.444 e. The highest BCUT2D eigenvalue weighted by atomic mass is 35.5. The van der Waals surface area contributed by atoms with Crippen molar-refractivity contribution in [2.24, 2.45) is 10.9 Å². The number of piperazine rings is 1. The second kappa shape index (κ2) is 14.5. The van der Waals surface area contributed by atoms with Crippen LogP contribution in [0.1, 0.15) is 80.2 Å². The molecule has 0 spiro atoms. The lowest BCUT2D eigenvalue weighted by Gasteiger charge is -2.42. The maximum atomic E-state index is 12.4. The average Bonchev–Trinajstić information content (AvgIpc) is 3.67. The number of aryl methyl sites for hydroxylation is 1. The molecule has 1 atom stereocenters. The first-order chi connectivity index (χ1) is 17.9. The van der Waals surface area contributed by atoms with Crippen LogP contribution in [0.25, 0.3) is 0 Å². The molecule has 1 saturated heterocycles. The van der Waals surface area contributed by atoms with Crippen LogP contribution < -0.4 is 0 Å². The van der Waals surface area contributed by atoms with Gasteiger partial charge in [0.25, 0.3) is 0 Å². The number of carbonyl (C=O) groups is 1. The van der Waals surface area contributed by atoms with Gasteiger partial charge in [-0.25, -0.2) is 4.79 Å². The summed E-state index contributed by atoms with van der Waals surface area (Å²) in [7, 11) is 0. The summed E-state index contributed by atoms with van der Waals surface area (Å²) in [4.78, 5) is 25.1. The van der Waals surface area contributed by atoms with Gasteiger partial charge in [-0.05, 0) is 90.8 Å². The zero-order valence-corrected chi connectivity index (χ0v) is 25.4. The number of pyridine rings is 1. The highest BCUT2D eigenvalue weighted by Gasteiger charge is 2.34. The first kappa shape index (κ1) is 31.6. The van der Waals surface area contributed by atoms with Crippen LogP contribution in [-0.4, -0.2) is 57.9 Å². The Bertz CT molecular complexity index is 1050. The molecule has 1 aromatic rings. The fourth-order valence-corrected chi connectivity index (χ4v) is 5.03. The third-order valence-electron chi connectivity index (χ3n) is 6.64. The molecule has 1 saturated carbocycles. The Morgan fingerprint density at radius 1 is 1.26 bits per heavy atom. The summed E-state index contributed by atoms with van der Waals surface area (Å²) in [5.74, 6) is 0.642. The topological polar surface area (TPSA) is 58.0 Å². The number of hydrogen-bond donors (Lipinski definition) is 0. The Morgan fingerprint density at radius 2 is 1.95 bits per heavy atom. The van der Waals surface area contributed by atoms with Crippen molar-refractivity contribution in [3.63, 3.8) is 0 Å². The normalized spacial score (nSPS) is 19.3. The number of hydrogen-bond acceptors (Lipinski definition) is 5. The van der Waals surface area contributed by atoms with E-state index in [1.165, 1.54) is 35.2 Å². The molecule has 1 aliphatic heterocycles. The minimum Gasteiger partial charge on any atom is -0.444 e. The molecule has 1 aromatic heterocycles. The van der Waals surface area contributed by atoms with Crippen LogP contribution in [0, 0.1) is 5.92 Å². The van der Waals surface area contributed by atoms with Crippen LogP contribution in [0.2, 0.25) is 5.02 Å². The molecule has 0 bridgehead atoms. The summed E-state index contributed by atoms with van der Waals surface area (Å²) < 4.78 is 5.55. The quantitative estimate of drug-likeness (QED) is 0.260. The van der Waals surface area contributed by atoms with Crippen molar-refractivity contribution in [1.82, 2.24) is 14.8 Å². The van der Waals surface area contributed by atoms with E-state index < -0.39 is 5.60 Å². The Labute approximate surface area is 235 Å². The highest BCUT2D eigenvalue weighted by molar-refractivity contribution is 6.30. The van der Waals surface area contributed by atoms with E-state index in [9.17, 15) is 4.79 Å². The van der Waals surface area contributed by atoms with Gasteiger partial charge in [0.05, 0.1) is 5.02 Å². The smallest absolute Gasteiger partial charge is 0.410 e. The molecule has 0 aromatic carbocycles. The summed E-state index contributed by atoms with van der Waals surface area (Å²) in [6, 6.07) is 2.17. The molecule has 2 aliphatic rings. The van der Waals surface area contributed by atoms with Gasteiger partial charge in [-0.1, -0.05) is 37.6 Å². The number of aliphatic imine (C=N–C) groups is 1. The van der Waals surface area contributed by atoms with Crippen LogP contribution >= 0.6 is 11.6 Å². The van der Waals surface area contributed by atoms with Crippen molar-refractivity contribution in [3.05, 3.63) is 64.7 Å². The third kappa shape index (κ3) is 9.61. The second-order valence-electron chi connectivity index (χ2n) is 11.1. The minimum atomic E-state index is -0.468. The molecule has 1 amide bonds. The van der Waals surface area contributed by atoms with Crippen molar-refractivity contribution in [2.45, 2.75) is 92.7 Å². The molecule has 2 heterocycles. The number of halogens is 1. The van der Waals surface area contributed by atoms with Gasteiger partial charge in [0, 0.05) is 61.3 Å². The van der Waals surface area contributed by atoms with E-state index in [4.69, 9.17) is 16.3 Å². The number of aromatic nitrogens is 1. The fourth-order valence-electron chi connectivity index (χ4n) is 4.83. The maximum Gasteiger partial charge on any atom is 0.410 e. The Kier molecular flexibility index (Phi) is 12.1. The van der Waals surface area contributed by atoms with Gasteiger partial charge < -0.3 is 14.5 Å². The molecule has 1 aliphatic carbocycles. The molecular formula is C31H47ClN4O2. The molecule has 7 heteroatoms. The zero-order valence-electron chi connectivity index (χ0n) is 24.7. The lowest BCUT2D eigenvalue weighted by atomic mass is 9.94. The number of allylic oxidation sites excluding steroid dienone is 4. The van der Waals surface area contributed by atoms with Gasteiger partial charge in [-0.15, -0.1) is 0 Å². The second-order valence-corrected chi connectivity index (χ2v) is 11.5. The number of carbonyl (C=O) groups excluding carboxylic acids is 1. The van der Waals surface area contributed by atoms with Crippen molar-refractivity contribution < 1.29 is 9.53 Å². The first-order valence-corrected chi connectivity index (χ1v) is 14.2. The summed E-state index contributed by atoms with van der Waals surface area (Å²) in [5.41, 5.74) is 5.62. The van der Waals surface area contributed by atoms with E-state index >= 15 is 0 Å². The van der Waals surface area contributed by atoms with Gasteiger partial charge in [0.2, 0.25) is 0 Å².